The molecular weight excluding hydrogens is 226 g/mol. The molecule has 0 saturated heterocycles. The molecule has 0 spiro atoms. The molecule has 0 bridgehead atoms. The summed E-state index contributed by atoms with van der Waals surface area (Å²) < 4.78 is 0. The molecule has 108 valence electrons. The van der Waals surface area contributed by atoms with Crippen LogP contribution in [0.5, 0.6) is 0 Å². The molecule has 0 rings (SSSR count). The molecule has 0 fully saturated rings. The summed E-state index contributed by atoms with van der Waals surface area (Å²) in [5, 5.41) is 9.55. The maximum atomic E-state index is 12.4. The Hall–Kier alpha value is -0.410. The van der Waals surface area contributed by atoms with Crippen LogP contribution in [-0.2, 0) is 4.79 Å². The van der Waals surface area contributed by atoms with E-state index in [1.807, 2.05) is 20.8 Å². The summed E-state index contributed by atoms with van der Waals surface area (Å²) in [7, 11) is 0. The molecule has 3 heteroatoms. The number of ketones is 1. The zero-order chi connectivity index (χ0) is 14.6. The highest BCUT2D eigenvalue weighted by Gasteiger charge is 2.32. The van der Waals surface area contributed by atoms with Crippen molar-refractivity contribution in [1.29, 1.82) is 0 Å². The molecule has 3 N–H and O–H groups in total. The molecular formula is C15H31NO2. The van der Waals surface area contributed by atoms with Gasteiger partial charge in [0.15, 0.2) is 0 Å². The number of Topliss-reactive ketones (excluding diaryl/α,β-unsaturated/α-hetero) is 1. The van der Waals surface area contributed by atoms with E-state index < -0.39 is 6.10 Å². The van der Waals surface area contributed by atoms with Gasteiger partial charge >= 0.3 is 0 Å². The number of hydrogen-bond donors (Lipinski definition) is 2. The van der Waals surface area contributed by atoms with E-state index in [4.69, 9.17) is 5.73 Å². The Kier molecular flexibility index (Phi) is 6.52. The SMILES string of the molecule is CC(C)(C)CC(CCC(O)CN)C(=O)C(C)(C)C. The Morgan fingerprint density at radius 2 is 1.61 bits per heavy atom. The predicted molar refractivity (Wildman–Crippen MR) is 76.3 cm³/mol. The fraction of sp³-hybridized carbons (Fsp3) is 0.933. The molecule has 2 atom stereocenters. The molecule has 0 aromatic rings. The monoisotopic (exact) mass is 257 g/mol. The average molecular weight is 257 g/mol. The second kappa shape index (κ2) is 6.67. The van der Waals surface area contributed by atoms with Gasteiger partial charge in [-0.1, -0.05) is 41.5 Å². The number of hydrogen-bond acceptors (Lipinski definition) is 3. The molecule has 0 aliphatic heterocycles. The van der Waals surface area contributed by atoms with Crippen LogP contribution < -0.4 is 5.73 Å². The second-order valence-electron chi connectivity index (χ2n) is 7.54. The first-order chi connectivity index (χ1) is 7.97. The van der Waals surface area contributed by atoms with E-state index in [1.165, 1.54) is 0 Å². The molecule has 2 unspecified atom stereocenters. The first-order valence-electron chi connectivity index (χ1n) is 6.90. The van der Waals surface area contributed by atoms with E-state index in [0.717, 1.165) is 12.8 Å². The van der Waals surface area contributed by atoms with Crippen molar-refractivity contribution in [2.24, 2.45) is 22.5 Å². The third-order valence-electron chi connectivity index (χ3n) is 3.09. The number of carbonyl (C=O) groups is 1. The number of rotatable bonds is 6. The fourth-order valence-electron chi connectivity index (χ4n) is 2.19. The quantitative estimate of drug-likeness (QED) is 0.769. The smallest absolute Gasteiger partial charge is 0.141 e. The second-order valence-corrected chi connectivity index (χ2v) is 7.54. The molecule has 0 amide bonds. The van der Waals surface area contributed by atoms with Gasteiger partial charge < -0.3 is 10.8 Å². The largest absolute Gasteiger partial charge is 0.392 e. The van der Waals surface area contributed by atoms with Crippen LogP contribution in [0.2, 0.25) is 0 Å². The third-order valence-corrected chi connectivity index (χ3v) is 3.09. The number of aliphatic hydroxyl groups excluding tert-OH is 1. The molecule has 0 radical (unpaired) electrons. The Balaban J connectivity index is 4.68. The molecule has 3 nitrogen and oxygen atoms in total. The topological polar surface area (TPSA) is 63.3 Å². The van der Waals surface area contributed by atoms with Crippen LogP contribution >= 0.6 is 0 Å². The zero-order valence-electron chi connectivity index (χ0n) is 12.9. The van der Waals surface area contributed by atoms with Crippen LogP contribution in [0.4, 0.5) is 0 Å². The van der Waals surface area contributed by atoms with Crippen LogP contribution in [0.25, 0.3) is 0 Å². The highest BCUT2D eigenvalue weighted by atomic mass is 16.3. The van der Waals surface area contributed by atoms with E-state index in [-0.39, 0.29) is 23.3 Å². The van der Waals surface area contributed by atoms with E-state index in [9.17, 15) is 9.90 Å². The van der Waals surface area contributed by atoms with Crippen molar-refractivity contribution in [3.8, 4) is 0 Å². The number of aliphatic hydroxyl groups is 1. The van der Waals surface area contributed by atoms with Crippen molar-refractivity contribution in [1.82, 2.24) is 0 Å². The van der Waals surface area contributed by atoms with Crippen molar-refractivity contribution >= 4 is 5.78 Å². The minimum atomic E-state index is -0.486. The van der Waals surface area contributed by atoms with E-state index >= 15 is 0 Å². The van der Waals surface area contributed by atoms with Crippen LogP contribution in [0.1, 0.15) is 60.8 Å². The summed E-state index contributed by atoms with van der Waals surface area (Å²) in [4.78, 5) is 12.4. The van der Waals surface area contributed by atoms with Gasteiger partial charge in [0.25, 0.3) is 0 Å². The van der Waals surface area contributed by atoms with Gasteiger partial charge in [0.05, 0.1) is 6.10 Å². The molecule has 0 aromatic carbocycles. The molecule has 0 aliphatic carbocycles. The highest BCUT2D eigenvalue weighted by Crippen LogP contribution is 2.33. The first kappa shape index (κ1) is 17.6. The standard InChI is InChI=1S/C15H31NO2/c1-14(2,3)9-11(7-8-12(17)10-16)13(18)15(4,5)6/h11-12,17H,7-10,16H2,1-6H3. The number of carbonyl (C=O) groups excluding carboxylic acids is 1. The van der Waals surface area contributed by atoms with E-state index in [2.05, 4.69) is 20.8 Å². The minimum absolute atomic E-state index is 0.0196. The Morgan fingerprint density at radius 1 is 1.11 bits per heavy atom. The molecule has 18 heavy (non-hydrogen) atoms. The van der Waals surface area contributed by atoms with Gasteiger partial charge in [0.1, 0.15) is 5.78 Å². The lowest BCUT2D eigenvalue weighted by Crippen LogP contribution is -2.32. The van der Waals surface area contributed by atoms with Crippen molar-refractivity contribution in [2.75, 3.05) is 6.54 Å². The van der Waals surface area contributed by atoms with Crippen molar-refractivity contribution < 1.29 is 9.90 Å². The van der Waals surface area contributed by atoms with Gasteiger partial charge in [-0.15, -0.1) is 0 Å². The van der Waals surface area contributed by atoms with Crippen LogP contribution in [0.3, 0.4) is 0 Å². The summed E-state index contributed by atoms with van der Waals surface area (Å²) in [5.74, 6) is 0.313. The van der Waals surface area contributed by atoms with E-state index in [1.54, 1.807) is 0 Å². The van der Waals surface area contributed by atoms with Gasteiger partial charge in [0, 0.05) is 17.9 Å². The summed E-state index contributed by atoms with van der Waals surface area (Å²) in [6.45, 7) is 12.6. The summed E-state index contributed by atoms with van der Waals surface area (Å²) in [6, 6.07) is 0. The maximum Gasteiger partial charge on any atom is 0.141 e. The third kappa shape index (κ3) is 7.12. The Labute approximate surface area is 112 Å². The average Bonchev–Trinajstić information content (AvgIpc) is 2.19. The van der Waals surface area contributed by atoms with Crippen LogP contribution in [0, 0.1) is 16.7 Å². The Bertz CT molecular complexity index is 261. The van der Waals surface area contributed by atoms with Crippen molar-refractivity contribution in [3.05, 3.63) is 0 Å². The van der Waals surface area contributed by atoms with Gasteiger partial charge in [-0.2, -0.15) is 0 Å². The Morgan fingerprint density at radius 3 is 1.94 bits per heavy atom. The van der Waals surface area contributed by atoms with Crippen molar-refractivity contribution in [2.45, 2.75) is 66.9 Å². The van der Waals surface area contributed by atoms with Gasteiger partial charge in [-0.05, 0) is 24.7 Å². The normalized spacial score (nSPS) is 16.4. The van der Waals surface area contributed by atoms with E-state index in [0.29, 0.717) is 12.2 Å². The molecule has 0 heterocycles. The molecule has 0 aromatic heterocycles. The number of nitrogens with two attached hydrogens (primary N) is 1. The van der Waals surface area contributed by atoms with Gasteiger partial charge in [-0.25, -0.2) is 0 Å². The van der Waals surface area contributed by atoms with Gasteiger partial charge in [0.2, 0.25) is 0 Å². The first-order valence-corrected chi connectivity index (χ1v) is 6.90. The summed E-state index contributed by atoms with van der Waals surface area (Å²) in [6.07, 6.45) is 1.71. The van der Waals surface area contributed by atoms with Gasteiger partial charge in [-0.3, -0.25) is 4.79 Å². The van der Waals surface area contributed by atoms with Crippen LogP contribution in [0.15, 0.2) is 0 Å². The maximum absolute atomic E-state index is 12.4. The van der Waals surface area contributed by atoms with Crippen molar-refractivity contribution in [3.63, 3.8) is 0 Å². The van der Waals surface area contributed by atoms with Crippen LogP contribution in [-0.4, -0.2) is 23.5 Å². The summed E-state index contributed by atoms with van der Waals surface area (Å²) in [5.41, 5.74) is 5.22. The molecule has 0 aliphatic rings. The minimum Gasteiger partial charge on any atom is -0.392 e. The lowest BCUT2D eigenvalue weighted by Gasteiger charge is -2.30. The fourth-order valence-corrected chi connectivity index (χ4v) is 2.19. The zero-order valence-corrected chi connectivity index (χ0v) is 12.9. The summed E-state index contributed by atoms with van der Waals surface area (Å²) >= 11 is 0. The highest BCUT2D eigenvalue weighted by molar-refractivity contribution is 5.85. The molecule has 0 saturated carbocycles. The lowest BCUT2D eigenvalue weighted by atomic mass is 9.74. The predicted octanol–water partition coefficient (Wildman–Crippen LogP) is 2.75. The lowest BCUT2D eigenvalue weighted by molar-refractivity contribution is -0.131.